The Hall–Kier alpha value is -2.46. The van der Waals surface area contributed by atoms with Crippen molar-refractivity contribution in [3.63, 3.8) is 0 Å². The van der Waals surface area contributed by atoms with Gasteiger partial charge in [-0.2, -0.15) is 0 Å². The molecule has 0 aliphatic carbocycles. The molecule has 0 spiro atoms. The quantitative estimate of drug-likeness (QED) is 0.207. The van der Waals surface area contributed by atoms with Crippen molar-refractivity contribution in [2.24, 2.45) is 4.99 Å². The van der Waals surface area contributed by atoms with Crippen molar-refractivity contribution in [1.82, 2.24) is 15.6 Å². The third-order valence-corrected chi connectivity index (χ3v) is 4.63. The van der Waals surface area contributed by atoms with E-state index in [0.29, 0.717) is 48.1 Å². The molecule has 0 radical (unpaired) electrons. The molecule has 7 nitrogen and oxygen atoms in total. The SMILES string of the molecule is CCNC(=NCc1cc(Cl)c(OCC)c(OC)c1)NCc1coc(-c2ccccc2)n1.I. The lowest BCUT2D eigenvalue weighted by Gasteiger charge is -2.13. The topological polar surface area (TPSA) is 80.9 Å². The van der Waals surface area contributed by atoms with E-state index < -0.39 is 0 Å². The molecule has 0 amide bonds. The molecule has 0 atom stereocenters. The summed E-state index contributed by atoms with van der Waals surface area (Å²) < 4.78 is 16.6. The first-order valence-corrected chi connectivity index (χ1v) is 10.5. The maximum Gasteiger partial charge on any atom is 0.226 e. The summed E-state index contributed by atoms with van der Waals surface area (Å²) in [6.07, 6.45) is 1.65. The molecule has 172 valence electrons. The van der Waals surface area contributed by atoms with E-state index in [9.17, 15) is 0 Å². The lowest BCUT2D eigenvalue weighted by atomic mass is 10.2. The van der Waals surface area contributed by atoms with Crippen LogP contribution in [0.25, 0.3) is 11.5 Å². The molecule has 0 saturated heterocycles. The molecule has 0 aliphatic rings. The van der Waals surface area contributed by atoms with Crippen molar-refractivity contribution in [3.8, 4) is 23.0 Å². The van der Waals surface area contributed by atoms with E-state index >= 15 is 0 Å². The highest BCUT2D eigenvalue weighted by Crippen LogP contribution is 2.36. The van der Waals surface area contributed by atoms with Crippen molar-refractivity contribution in [3.05, 3.63) is 65.0 Å². The van der Waals surface area contributed by atoms with Gasteiger partial charge in [0, 0.05) is 12.1 Å². The average molecular weight is 571 g/mol. The minimum Gasteiger partial charge on any atom is -0.493 e. The second kappa shape index (κ2) is 13.2. The fraction of sp³-hybridized carbons (Fsp3) is 0.304. The molecule has 3 aromatic rings. The molecule has 3 rings (SSSR count). The maximum atomic E-state index is 6.36. The average Bonchev–Trinajstić information content (AvgIpc) is 3.27. The lowest BCUT2D eigenvalue weighted by Crippen LogP contribution is -2.36. The first-order chi connectivity index (χ1) is 15.1. The minimum atomic E-state index is 0. The molecule has 2 aromatic carbocycles. The fourth-order valence-corrected chi connectivity index (χ4v) is 3.22. The zero-order valence-electron chi connectivity index (χ0n) is 18.4. The van der Waals surface area contributed by atoms with E-state index in [1.165, 1.54) is 0 Å². The fourth-order valence-electron chi connectivity index (χ4n) is 2.94. The van der Waals surface area contributed by atoms with Crippen LogP contribution in [0.2, 0.25) is 5.02 Å². The number of hydrogen-bond donors (Lipinski definition) is 2. The van der Waals surface area contributed by atoms with Crippen molar-refractivity contribution < 1.29 is 13.9 Å². The standard InChI is InChI=1S/C23H27ClN4O3.HI/c1-4-25-23(26-13-16-11-19(24)21(30-5-2)20(12-16)29-3)27-14-18-15-31-22(28-18)17-9-7-6-8-10-17;/h6-12,15H,4-5,13-14H2,1-3H3,(H2,25,26,27);1H. The van der Waals surface area contributed by atoms with Crippen LogP contribution in [0.1, 0.15) is 25.1 Å². The lowest BCUT2D eigenvalue weighted by molar-refractivity contribution is 0.311. The number of halogens is 2. The number of nitrogens with zero attached hydrogens (tertiary/aromatic N) is 2. The number of hydrogen-bond acceptors (Lipinski definition) is 5. The Kier molecular flexibility index (Phi) is 10.6. The van der Waals surface area contributed by atoms with Gasteiger partial charge in [0.1, 0.15) is 6.26 Å². The summed E-state index contributed by atoms with van der Waals surface area (Å²) in [4.78, 5) is 9.17. The molecular weight excluding hydrogens is 543 g/mol. The highest BCUT2D eigenvalue weighted by Gasteiger charge is 2.12. The monoisotopic (exact) mass is 570 g/mol. The van der Waals surface area contributed by atoms with Crippen molar-refractivity contribution in [1.29, 1.82) is 0 Å². The second-order valence-corrected chi connectivity index (χ2v) is 7.01. The summed E-state index contributed by atoms with van der Waals surface area (Å²) in [7, 11) is 1.59. The van der Waals surface area contributed by atoms with E-state index in [1.54, 1.807) is 13.4 Å². The summed E-state index contributed by atoms with van der Waals surface area (Å²) in [5.41, 5.74) is 2.64. The van der Waals surface area contributed by atoms with Gasteiger partial charge >= 0.3 is 0 Å². The molecule has 9 heteroatoms. The summed E-state index contributed by atoms with van der Waals surface area (Å²) >= 11 is 6.36. The molecule has 0 bridgehead atoms. The van der Waals surface area contributed by atoms with Crippen LogP contribution in [0.4, 0.5) is 0 Å². The van der Waals surface area contributed by atoms with Crippen LogP contribution in [0.3, 0.4) is 0 Å². The Morgan fingerprint density at radius 3 is 2.62 bits per heavy atom. The highest BCUT2D eigenvalue weighted by molar-refractivity contribution is 14.0. The van der Waals surface area contributed by atoms with Gasteiger partial charge in [0.05, 0.1) is 37.5 Å². The molecule has 0 aliphatic heterocycles. The third kappa shape index (κ3) is 7.03. The molecule has 0 unspecified atom stereocenters. The Morgan fingerprint density at radius 1 is 1.16 bits per heavy atom. The number of aliphatic imine (C=N–C) groups is 1. The van der Waals surface area contributed by atoms with Gasteiger partial charge < -0.3 is 24.5 Å². The highest BCUT2D eigenvalue weighted by atomic mass is 127. The number of benzene rings is 2. The predicted octanol–water partition coefficient (Wildman–Crippen LogP) is 5.28. The number of ether oxygens (including phenoxy) is 2. The number of nitrogens with one attached hydrogen (secondary N) is 2. The summed E-state index contributed by atoms with van der Waals surface area (Å²) in [6.45, 7) is 6.06. The second-order valence-electron chi connectivity index (χ2n) is 6.60. The van der Waals surface area contributed by atoms with Gasteiger partial charge in [-0.3, -0.25) is 0 Å². The molecule has 0 fully saturated rings. The Morgan fingerprint density at radius 2 is 1.94 bits per heavy atom. The number of aromatic nitrogens is 1. The third-order valence-electron chi connectivity index (χ3n) is 4.35. The number of rotatable bonds is 9. The Labute approximate surface area is 210 Å². The normalized spacial score (nSPS) is 10.9. The zero-order valence-corrected chi connectivity index (χ0v) is 21.4. The zero-order chi connectivity index (χ0) is 22.1. The van der Waals surface area contributed by atoms with Crippen LogP contribution in [-0.4, -0.2) is 31.2 Å². The van der Waals surface area contributed by atoms with Gasteiger partial charge in [0.15, 0.2) is 17.5 Å². The van der Waals surface area contributed by atoms with Crippen molar-refractivity contribution in [2.75, 3.05) is 20.3 Å². The molecule has 0 saturated carbocycles. The largest absolute Gasteiger partial charge is 0.493 e. The first kappa shape index (κ1) is 25.8. The van der Waals surface area contributed by atoms with Crippen LogP contribution in [0.5, 0.6) is 11.5 Å². The molecule has 32 heavy (non-hydrogen) atoms. The van der Waals surface area contributed by atoms with Crippen molar-refractivity contribution in [2.45, 2.75) is 26.9 Å². The van der Waals surface area contributed by atoms with E-state index in [1.807, 2.05) is 56.3 Å². The summed E-state index contributed by atoms with van der Waals surface area (Å²) in [5, 5.41) is 7.00. The first-order valence-electron chi connectivity index (χ1n) is 10.2. The maximum absolute atomic E-state index is 6.36. The van der Waals surface area contributed by atoms with Gasteiger partial charge in [-0.25, -0.2) is 9.98 Å². The molecule has 1 aromatic heterocycles. The van der Waals surface area contributed by atoms with E-state index in [4.69, 9.17) is 25.5 Å². The van der Waals surface area contributed by atoms with E-state index in [-0.39, 0.29) is 24.0 Å². The Bertz CT molecular complexity index is 1010. The van der Waals surface area contributed by atoms with Crippen LogP contribution < -0.4 is 20.1 Å². The van der Waals surface area contributed by atoms with Gasteiger partial charge in [0.25, 0.3) is 0 Å². The van der Waals surface area contributed by atoms with Crippen LogP contribution in [0.15, 0.2) is 58.1 Å². The van der Waals surface area contributed by atoms with Gasteiger partial charge in [-0.15, -0.1) is 24.0 Å². The minimum absolute atomic E-state index is 0. The number of oxazole rings is 1. The summed E-state index contributed by atoms with van der Waals surface area (Å²) in [6, 6.07) is 13.5. The van der Waals surface area contributed by atoms with Gasteiger partial charge in [-0.05, 0) is 43.7 Å². The number of guanidine groups is 1. The number of methoxy groups -OCH3 is 1. The van der Waals surface area contributed by atoms with Crippen LogP contribution in [0, 0.1) is 0 Å². The molecule has 1 heterocycles. The molecular formula is C23H28ClIN4O3. The van der Waals surface area contributed by atoms with E-state index in [2.05, 4.69) is 20.6 Å². The predicted molar refractivity (Wildman–Crippen MR) is 138 cm³/mol. The smallest absolute Gasteiger partial charge is 0.226 e. The van der Waals surface area contributed by atoms with Crippen LogP contribution in [-0.2, 0) is 13.1 Å². The van der Waals surface area contributed by atoms with Gasteiger partial charge in [0.2, 0.25) is 5.89 Å². The Balaban J connectivity index is 0.00000363. The van der Waals surface area contributed by atoms with Gasteiger partial charge in [-0.1, -0.05) is 29.8 Å². The van der Waals surface area contributed by atoms with Crippen molar-refractivity contribution >= 4 is 41.5 Å². The molecule has 2 N–H and O–H groups in total. The summed E-state index contributed by atoms with van der Waals surface area (Å²) in [5.74, 6) is 2.39. The van der Waals surface area contributed by atoms with E-state index in [0.717, 1.165) is 23.4 Å². The van der Waals surface area contributed by atoms with Crippen LogP contribution >= 0.6 is 35.6 Å².